The highest BCUT2D eigenvalue weighted by atomic mass is 32.2. The smallest absolute Gasteiger partial charge is 0.241 e. The summed E-state index contributed by atoms with van der Waals surface area (Å²) < 4.78 is 23.3. The minimum atomic E-state index is -3.13. The molecule has 0 aliphatic rings. The molecule has 23 heavy (non-hydrogen) atoms. The second kappa shape index (κ2) is 6.94. The number of nitrogens with zero attached hydrogens (tertiary/aromatic N) is 1. The lowest BCUT2D eigenvalue weighted by molar-refractivity contribution is -0.117. The van der Waals surface area contributed by atoms with Gasteiger partial charge in [0.2, 0.25) is 5.91 Å². The van der Waals surface area contributed by atoms with Gasteiger partial charge in [0.15, 0.2) is 0 Å². The molecule has 8 heteroatoms. The molecule has 0 saturated carbocycles. The van der Waals surface area contributed by atoms with Gasteiger partial charge in [-0.05, 0) is 24.6 Å². The Morgan fingerprint density at radius 3 is 2.70 bits per heavy atom. The SMILES string of the molecule is CC(C)c1nc2ccc(NC(=O)C(N)CCS(C)(=O)=O)cc2s1. The zero-order valence-electron chi connectivity index (χ0n) is 13.4. The molecule has 0 aliphatic heterocycles. The Morgan fingerprint density at radius 2 is 2.09 bits per heavy atom. The minimum Gasteiger partial charge on any atom is -0.325 e. The molecule has 6 nitrogen and oxygen atoms in total. The van der Waals surface area contributed by atoms with Crippen LogP contribution in [0.25, 0.3) is 10.2 Å². The second-order valence-corrected chi connectivity index (χ2v) is 9.23. The van der Waals surface area contributed by atoms with Gasteiger partial charge in [0.1, 0.15) is 9.84 Å². The molecule has 1 atom stereocenters. The molecule has 1 aromatic carbocycles. The Labute approximate surface area is 140 Å². The zero-order valence-corrected chi connectivity index (χ0v) is 15.0. The van der Waals surface area contributed by atoms with Gasteiger partial charge in [0.05, 0.1) is 27.0 Å². The lowest BCUT2D eigenvalue weighted by Gasteiger charge is -2.11. The number of hydrogen-bond acceptors (Lipinski definition) is 6. The lowest BCUT2D eigenvalue weighted by Crippen LogP contribution is -2.37. The van der Waals surface area contributed by atoms with Gasteiger partial charge in [-0.15, -0.1) is 11.3 Å². The molecule has 2 rings (SSSR count). The van der Waals surface area contributed by atoms with Gasteiger partial charge in [-0.1, -0.05) is 13.8 Å². The number of thiazole rings is 1. The number of nitrogens with one attached hydrogen (secondary N) is 1. The maximum Gasteiger partial charge on any atom is 0.241 e. The highest BCUT2D eigenvalue weighted by Crippen LogP contribution is 2.29. The van der Waals surface area contributed by atoms with Crippen molar-refractivity contribution in [2.45, 2.75) is 32.2 Å². The van der Waals surface area contributed by atoms with Crippen molar-refractivity contribution in [1.82, 2.24) is 4.98 Å². The van der Waals surface area contributed by atoms with E-state index in [4.69, 9.17) is 5.73 Å². The molecule has 0 bridgehead atoms. The van der Waals surface area contributed by atoms with E-state index in [2.05, 4.69) is 24.1 Å². The van der Waals surface area contributed by atoms with E-state index in [0.29, 0.717) is 11.6 Å². The van der Waals surface area contributed by atoms with Crippen LogP contribution in [-0.2, 0) is 14.6 Å². The molecule has 0 saturated heterocycles. The fourth-order valence-electron chi connectivity index (χ4n) is 1.97. The molecule has 0 fully saturated rings. The number of sulfone groups is 1. The van der Waals surface area contributed by atoms with Crippen molar-refractivity contribution in [3.05, 3.63) is 23.2 Å². The first-order chi connectivity index (χ1) is 10.7. The minimum absolute atomic E-state index is 0.102. The van der Waals surface area contributed by atoms with Crippen LogP contribution in [0.15, 0.2) is 18.2 Å². The largest absolute Gasteiger partial charge is 0.325 e. The van der Waals surface area contributed by atoms with Gasteiger partial charge < -0.3 is 11.1 Å². The van der Waals surface area contributed by atoms with Crippen molar-refractivity contribution < 1.29 is 13.2 Å². The first kappa shape index (κ1) is 17.8. The Morgan fingerprint density at radius 1 is 1.39 bits per heavy atom. The van der Waals surface area contributed by atoms with Crippen LogP contribution in [0.1, 0.15) is 31.2 Å². The molecule has 1 aromatic heterocycles. The van der Waals surface area contributed by atoms with E-state index in [1.807, 2.05) is 12.1 Å². The van der Waals surface area contributed by atoms with Crippen molar-refractivity contribution in [3.63, 3.8) is 0 Å². The molecule has 1 heterocycles. The summed E-state index contributed by atoms with van der Waals surface area (Å²) in [6.45, 7) is 4.17. The normalized spacial score (nSPS) is 13.4. The number of hydrogen-bond donors (Lipinski definition) is 2. The van der Waals surface area contributed by atoms with Crippen LogP contribution in [0.4, 0.5) is 5.69 Å². The molecule has 1 unspecified atom stereocenters. The topological polar surface area (TPSA) is 102 Å². The van der Waals surface area contributed by atoms with Crippen LogP contribution in [-0.4, -0.2) is 37.4 Å². The van der Waals surface area contributed by atoms with Crippen molar-refractivity contribution in [1.29, 1.82) is 0 Å². The third-order valence-electron chi connectivity index (χ3n) is 3.30. The Hall–Kier alpha value is -1.51. The maximum absolute atomic E-state index is 12.0. The molecule has 1 amide bonds. The Kier molecular flexibility index (Phi) is 5.38. The van der Waals surface area contributed by atoms with E-state index in [1.165, 1.54) is 0 Å². The summed E-state index contributed by atoms with van der Waals surface area (Å²) in [5.41, 5.74) is 7.28. The molecule has 2 aromatic rings. The van der Waals surface area contributed by atoms with Gasteiger partial charge in [-0.25, -0.2) is 13.4 Å². The van der Waals surface area contributed by atoms with Crippen LogP contribution >= 0.6 is 11.3 Å². The zero-order chi connectivity index (χ0) is 17.2. The van der Waals surface area contributed by atoms with E-state index in [1.54, 1.807) is 17.4 Å². The predicted octanol–water partition coefficient (Wildman–Crippen LogP) is 2.12. The first-order valence-electron chi connectivity index (χ1n) is 7.30. The van der Waals surface area contributed by atoms with Crippen LogP contribution < -0.4 is 11.1 Å². The average molecular weight is 355 g/mol. The van der Waals surface area contributed by atoms with Crippen molar-refractivity contribution in [3.8, 4) is 0 Å². The summed E-state index contributed by atoms with van der Waals surface area (Å²) in [4.78, 5) is 16.6. The molecule has 0 radical (unpaired) electrons. The Bertz CT molecular complexity index is 812. The number of nitrogens with two attached hydrogens (primary N) is 1. The maximum atomic E-state index is 12.0. The van der Waals surface area contributed by atoms with Gasteiger partial charge in [0, 0.05) is 17.9 Å². The van der Waals surface area contributed by atoms with Gasteiger partial charge in [-0.2, -0.15) is 0 Å². The van der Waals surface area contributed by atoms with Crippen molar-refractivity contribution in [2.24, 2.45) is 5.73 Å². The lowest BCUT2D eigenvalue weighted by atomic mass is 10.2. The third kappa shape index (κ3) is 4.98. The summed E-state index contributed by atoms with van der Waals surface area (Å²) >= 11 is 1.60. The van der Waals surface area contributed by atoms with Crippen molar-refractivity contribution in [2.75, 3.05) is 17.3 Å². The number of carbonyl (C=O) groups excluding carboxylic acids is 1. The number of rotatable bonds is 6. The monoisotopic (exact) mass is 355 g/mol. The highest BCUT2D eigenvalue weighted by molar-refractivity contribution is 7.90. The van der Waals surface area contributed by atoms with Crippen LogP contribution in [0, 0.1) is 0 Å². The van der Waals surface area contributed by atoms with E-state index < -0.39 is 15.9 Å². The Balaban J connectivity index is 2.07. The van der Waals surface area contributed by atoms with Crippen molar-refractivity contribution >= 4 is 43.0 Å². The molecular formula is C15H21N3O3S2. The molecule has 0 spiro atoms. The molecule has 0 aliphatic carbocycles. The molecule has 3 N–H and O–H groups in total. The summed E-state index contributed by atoms with van der Waals surface area (Å²) in [6.07, 6.45) is 1.23. The standard InChI is InChI=1S/C15H21N3O3S2/c1-9(2)15-18-12-5-4-10(8-13(12)22-15)17-14(19)11(16)6-7-23(3,20)21/h4-5,8-9,11H,6-7,16H2,1-3H3,(H,17,19). The summed E-state index contributed by atoms with van der Waals surface area (Å²) in [7, 11) is -3.13. The quantitative estimate of drug-likeness (QED) is 0.826. The number of fused-ring (bicyclic) bond motifs is 1. The van der Waals surface area contributed by atoms with Gasteiger partial charge >= 0.3 is 0 Å². The van der Waals surface area contributed by atoms with E-state index in [9.17, 15) is 13.2 Å². The van der Waals surface area contributed by atoms with Crippen LogP contribution in [0.5, 0.6) is 0 Å². The van der Waals surface area contributed by atoms with Crippen LogP contribution in [0.2, 0.25) is 0 Å². The van der Waals surface area contributed by atoms with E-state index in [0.717, 1.165) is 21.5 Å². The summed E-state index contributed by atoms with van der Waals surface area (Å²) in [5.74, 6) is -0.135. The predicted molar refractivity (Wildman–Crippen MR) is 94.6 cm³/mol. The third-order valence-corrected chi connectivity index (χ3v) is 5.60. The number of carbonyl (C=O) groups is 1. The second-order valence-electron chi connectivity index (χ2n) is 5.90. The van der Waals surface area contributed by atoms with Crippen LogP contribution in [0.3, 0.4) is 0 Å². The summed E-state index contributed by atoms with van der Waals surface area (Å²) in [6, 6.07) is 4.64. The highest BCUT2D eigenvalue weighted by Gasteiger charge is 2.16. The number of aromatic nitrogens is 1. The van der Waals surface area contributed by atoms with E-state index >= 15 is 0 Å². The summed E-state index contributed by atoms with van der Waals surface area (Å²) in [5, 5.41) is 3.78. The average Bonchev–Trinajstić information content (AvgIpc) is 2.87. The van der Waals surface area contributed by atoms with Gasteiger partial charge in [0.25, 0.3) is 0 Å². The number of amides is 1. The number of benzene rings is 1. The number of anilines is 1. The first-order valence-corrected chi connectivity index (χ1v) is 10.2. The molecular weight excluding hydrogens is 334 g/mol. The molecule has 126 valence electrons. The fraction of sp³-hybridized carbons (Fsp3) is 0.467. The fourth-order valence-corrected chi connectivity index (χ4v) is 3.67. The van der Waals surface area contributed by atoms with E-state index in [-0.39, 0.29) is 18.1 Å². The van der Waals surface area contributed by atoms with Gasteiger partial charge in [-0.3, -0.25) is 4.79 Å².